The number of halogens is 1. The van der Waals surface area contributed by atoms with Crippen LogP contribution in [0.3, 0.4) is 0 Å². The summed E-state index contributed by atoms with van der Waals surface area (Å²) in [6.07, 6.45) is 1.23. The van der Waals surface area contributed by atoms with Gasteiger partial charge in [0.1, 0.15) is 5.75 Å². The van der Waals surface area contributed by atoms with Crippen LogP contribution < -0.4 is 15.4 Å². The van der Waals surface area contributed by atoms with Gasteiger partial charge in [-0.25, -0.2) is 0 Å². The zero-order valence-electron chi connectivity index (χ0n) is 12.3. The Balaban J connectivity index is 2.25. The monoisotopic (exact) mass is 344 g/mol. The molecule has 0 spiro atoms. The lowest BCUT2D eigenvalue weighted by Crippen LogP contribution is -2.23. The van der Waals surface area contributed by atoms with Crippen molar-refractivity contribution in [2.45, 2.75) is 32.9 Å². The average molecular weight is 345 g/mol. The Morgan fingerprint density at radius 1 is 1.20 bits per heavy atom. The van der Waals surface area contributed by atoms with Crippen LogP contribution in [0, 0.1) is 0 Å². The lowest BCUT2D eigenvalue weighted by molar-refractivity contribution is 0.241. The Hall–Kier alpha value is -0.620. The first-order chi connectivity index (χ1) is 9.63. The molecule has 0 heterocycles. The number of benzene rings is 1. The van der Waals surface area contributed by atoms with Gasteiger partial charge in [0.15, 0.2) is 0 Å². The highest BCUT2D eigenvalue weighted by Crippen LogP contribution is 2.26. The second-order valence-corrected chi connectivity index (χ2v) is 5.79. The van der Waals surface area contributed by atoms with E-state index in [1.807, 2.05) is 19.9 Å². The zero-order chi connectivity index (χ0) is 14.8. The predicted molar refractivity (Wildman–Crippen MR) is 86.2 cm³/mol. The number of rotatable bonds is 10. The summed E-state index contributed by atoms with van der Waals surface area (Å²) in [5.74, 6) is 0.886. The van der Waals surface area contributed by atoms with Crippen molar-refractivity contribution in [3.63, 3.8) is 0 Å². The smallest absolute Gasteiger partial charge is 0.133 e. The summed E-state index contributed by atoms with van der Waals surface area (Å²) in [6, 6.07) is 6.18. The Bertz CT molecular complexity index is 386. The quantitative estimate of drug-likeness (QED) is 0.570. The number of nitrogens with one attached hydrogen (secondary N) is 2. The van der Waals surface area contributed by atoms with E-state index < -0.39 is 0 Å². The standard InChI is InChI=1S/C15H25BrN2O2/c1-12(2)20-15-5-4-13(10-14(15)16)11-18-7-3-6-17-8-9-19/h4-5,10,12,17-19H,3,6-9,11H2,1-2H3. The molecule has 0 saturated heterocycles. The fourth-order valence-electron chi connectivity index (χ4n) is 1.78. The molecule has 3 N–H and O–H groups in total. The van der Waals surface area contributed by atoms with Crippen LogP contribution in [-0.2, 0) is 6.54 Å². The van der Waals surface area contributed by atoms with E-state index in [2.05, 4.69) is 38.7 Å². The SMILES string of the molecule is CC(C)Oc1ccc(CNCCCNCCO)cc1Br. The number of hydrogen-bond acceptors (Lipinski definition) is 4. The van der Waals surface area contributed by atoms with Crippen molar-refractivity contribution in [3.05, 3.63) is 28.2 Å². The Morgan fingerprint density at radius 2 is 1.95 bits per heavy atom. The van der Waals surface area contributed by atoms with Gasteiger partial charge in [0.2, 0.25) is 0 Å². The number of aliphatic hydroxyl groups excluding tert-OH is 1. The van der Waals surface area contributed by atoms with Gasteiger partial charge in [-0.3, -0.25) is 0 Å². The third-order valence-electron chi connectivity index (χ3n) is 2.68. The molecule has 114 valence electrons. The highest BCUT2D eigenvalue weighted by Gasteiger charge is 2.04. The summed E-state index contributed by atoms with van der Waals surface area (Å²) in [7, 11) is 0. The molecule has 0 aliphatic rings. The van der Waals surface area contributed by atoms with Gasteiger partial charge in [-0.1, -0.05) is 6.07 Å². The first kappa shape index (κ1) is 17.4. The van der Waals surface area contributed by atoms with Crippen LogP contribution in [0.25, 0.3) is 0 Å². The molecule has 0 saturated carbocycles. The van der Waals surface area contributed by atoms with E-state index in [0.717, 1.165) is 36.3 Å². The van der Waals surface area contributed by atoms with Crippen molar-refractivity contribution < 1.29 is 9.84 Å². The summed E-state index contributed by atoms with van der Waals surface area (Å²) >= 11 is 3.54. The fraction of sp³-hybridized carbons (Fsp3) is 0.600. The molecule has 20 heavy (non-hydrogen) atoms. The van der Waals surface area contributed by atoms with E-state index in [4.69, 9.17) is 9.84 Å². The molecule has 0 bridgehead atoms. The molecular weight excluding hydrogens is 320 g/mol. The molecule has 1 rings (SSSR count). The van der Waals surface area contributed by atoms with Gasteiger partial charge in [-0.05, 0) is 67.0 Å². The molecule has 1 aromatic rings. The third kappa shape index (κ3) is 7.24. The molecule has 4 nitrogen and oxygen atoms in total. The van der Waals surface area contributed by atoms with Crippen LogP contribution in [0.4, 0.5) is 0 Å². The molecule has 1 aromatic carbocycles. The lowest BCUT2D eigenvalue weighted by Gasteiger charge is -2.13. The van der Waals surface area contributed by atoms with Crippen LogP contribution in [0.5, 0.6) is 5.75 Å². The Labute approximate surface area is 130 Å². The zero-order valence-corrected chi connectivity index (χ0v) is 13.9. The molecule has 0 aliphatic carbocycles. The van der Waals surface area contributed by atoms with Crippen LogP contribution in [0.1, 0.15) is 25.8 Å². The van der Waals surface area contributed by atoms with Gasteiger partial charge < -0.3 is 20.5 Å². The molecule has 5 heteroatoms. The van der Waals surface area contributed by atoms with E-state index in [0.29, 0.717) is 6.54 Å². The van der Waals surface area contributed by atoms with Crippen LogP contribution in [0.15, 0.2) is 22.7 Å². The van der Waals surface area contributed by atoms with Crippen LogP contribution in [-0.4, -0.2) is 37.5 Å². The van der Waals surface area contributed by atoms with Gasteiger partial charge in [0.25, 0.3) is 0 Å². The first-order valence-electron chi connectivity index (χ1n) is 7.11. The maximum Gasteiger partial charge on any atom is 0.133 e. The summed E-state index contributed by atoms with van der Waals surface area (Å²) in [5, 5.41) is 15.2. The van der Waals surface area contributed by atoms with Crippen LogP contribution >= 0.6 is 15.9 Å². The number of ether oxygens (including phenoxy) is 1. The Kier molecular flexibility index (Phi) is 8.85. The van der Waals surface area contributed by atoms with Gasteiger partial charge in [0, 0.05) is 13.1 Å². The minimum atomic E-state index is 0.182. The van der Waals surface area contributed by atoms with Crippen molar-refractivity contribution in [1.29, 1.82) is 0 Å². The second-order valence-electron chi connectivity index (χ2n) is 4.94. The van der Waals surface area contributed by atoms with E-state index in [1.54, 1.807) is 0 Å². The summed E-state index contributed by atoms with van der Waals surface area (Å²) in [4.78, 5) is 0. The summed E-state index contributed by atoms with van der Waals surface area (Å²) < 4.78 is 6.68. The fourth-order valence-corrected chi connectivity index (χ4v) is 2.30. The predicted octanol–water partition coefficient (Wildman–Crippen LogP) is 2.30. The number of hydrogen-bond donors (Lipinski definition) is 3. The van der Waals surface area contributed by atoms with Crippen molar-refractivity contribution in [1.82, 2.24) is 10.6 Å². The van der Waals surface area contributed by atoms with Crippen molar-refractivity contribution in [2.24, 2.45) is 0 Å². The van der Waals surface area contributed by atoms with Crippen LogP contribution in [0.2, 0.25) is 0 Å². The molecule has 0 aromatic heterocycles. The third-order valence-corrected chi connectivity index (χ3v) is 3.30. The van der Waals surface area contributed by atoms with Gasteiger partial charge in [-0.15, -0.1) is 0 Å². The van der Waals surface area contributed by atoms with E-state index in [9.17, 15) is 0 Å². The van der Waals surface area contributed by atoms with Crippen molar-refractivity contribution >= 4 is 15.9 Å². The maximum absolute atomic E-state index is 8.63. The molecule has 0 amide bonds. The molecule has 0 fully saturated rings. The topological polar surface area (TPSA) is 53.5 Å². The van der Waals surface area contributed by atoms with E-state index >= 15 is 0 Å². The summed E-state index contributed by atoms with van der Waals surface area (Å²) in [6.45, 7) is 7.65. The van der Waals surface area contributed by atoms with Crippen molar-refractivity contribution in [2.75, 3.05) is 26.2 Å². The van der Waals surface area contributed by atoms with E-state index in [-0.39, 0.29) is 12.7 Å². The van der Waals surface area contributed by atoms with Gasteiger partial charge in [-0.2, -0.15) is 0 Å². The van der Waals surface area contributed by atoms with Gasteiger partial charge >= 0.3 is 0 Å². The highest BCUT2D eigenvalue weighted by molar-refractivity contribution is 9.10. The molecule has 0 radical (unpaired) electrons. The normalized spacial score (nSPS) is 11.1. The van der Waals surface area contributed by atoms with Crippen molar-refractivity contribution in [3.8, 4) is 5.75 Å². The largest absolute Gasteiger partial charge is 0.490 e. The molecule has 0 unspecified atom stereocenters. The lowest BCUT2D eigenvalue weighted by atomic mass is 10.2. The maximum atomic E-state index is 8.63. The minimum absolute atomic E-state index is 0.182. The molecule has 0 atom stereocenters. The second kappa shape index (κ2) is 10.2. The minimum Gasteiger partial charge on any atom is -0.490 e. The first-order valence-corrected chi connectivity index (χ1v) is 7.90. The summed E-state index contributed by atoms with van der Waals surface area (Å²) in [5.41, 5.74) is 1.23. The molecule has 0 aliphatic heterocycles. The number of aliphatic hydroxyl groups is 1. The Morgan fingerprint density at radius 3 is 2.60 bits per heavy atom. The molecular formula is C15H25BrN2O2. The highest BCUT2D eigenvalue weighted by atomic mass is 79.9. The average Bonchev–Trinajstić information content (AvgIpc) is 2.40. The van der Waals surface area contributed by atoms with Gasteiger partial charge in [0.05, 0.1) is 17.2 Å². The van der Waals surface area contributed by atoms with E-state index in [1.165, 1.54) is 5.56 Å².